The monoisotopic (exact) mass is 389 g/mol. The molecule has 0 aliphatic carbocycles. The van der Waals surface area contributed by atoms with Gasteiger partial charge in [0.1, 0.15) is 0 Å². The van der Waals surface area contributed by atoms with E-state index in [-0.39, 0.29) is 29.4 Å². The Morgan fingerprint density at radius 2 is 1.83 bits per heavy atom. The SMILES string of the molecule is Cn1cnc(S(=O)(=O)N2CCC(S(=O)(=O)c3ccc(Cl)cc3)C2)c1. The summed E-state index contributed by atoms with van der Waals surface area (Å²) in [6.07, 6.45) is 3.04. The molecule has 0 saturated carbocycles. The summed E-state index contributed by atoms with van der Waals surface area (Å²) in [5, 5.41) is -0.411. The van der Waals surface area contributed by atoms with Gasteiger partial charge >= 0.3 is 0 Å². The molecule has 2 aromatic rings. The molecule has 0 amide bonds. The fraction of sp³-hybridized carbons (Fsp3) is 0.357. The number of imidazole rings is 1. The van der Waals surface area contributed by atoms with Crippen LogP contribution in [0.25, 0.3) is 0 Å². The molecule has 1 aromatic carbocycles. The first-order valence-corrected chi connectivity index (χ1v) is 10.6. The Morgan fingerprint density at radius 3 is 2.42 bits per heavy atom. The van der Waals surface area contributed by atoms with Crippen LogP contribution in [0.3, 0.4) is 0 Å². The van der Waals surface area contributed by atoms with Gasteiger partial charge in [-0.2, -0.15) is 4.31 Å². The fourth-order valence-corrected chi connectivity index (χ4v) is 6.02. The maximum atomic E-state index is 12.7. The maximum absolute atomic E-state index is 12.7. The molecule has 0 bridgehead atoms. The van der Waals surface area contributed by atoms with Crippen LogP contribution in [-0.4, -0.2) is 49.0 Å². The second-order valence-electron chi connectivity index (χ2n) is 5.65. The van der Waals surface area contributed by atoms with Gasteiger partial charge in [-0.25, -0.2) is 21.8 Å². The molecule has 1 fully saturated rings. The lowest BCUT2D eigenvalue weighted by atomic mass is 10.4. The normalized spacial score (nSPS) is 19.7. The number of hydrogen-bond acceptors (Lipinski definition) is 5. The summed E-state index contributed by atoms with van der Waals surface area (Å²) in [5.41, 5.74) is 0. The van der Waals surface area contributed by atoms with Crippen LogP contribution in [0.5, 0.6) is 0 Å². The van der Waals surface area contributed by atoms with Crippen molar-refractivity contribution in [1.82, 2.24) is 13.9 Å². The first kappa shape index (κ1) is 17.4. The summed E-state index contributed by atoms with van der Waals surface area (Å²) in [6.45, 7) is 0.0697. The van der Waals surface area contributed by atoms with Gasteiger partial charge in [0, 0.05) is 31.4 Å². The molecule has 1 saturated heterocycles. The number of sulfone groups is 1. The van der Waals surface area contributed by atoms with Gasteiger partial charge < -0.3 is 4.57 Å². The molecular formula is C14H16ClN3O4S2. The van der Waals surface area contributed by atoms with Gasteiger partial charge in [0.25, 0.3) is 10.0 Å². The lowest BCUT2D eigenvalue weighted by Gasteiger charge is -2.15. The lowest BCUT2D eigenvalue weighted by molar-refractivity contribution is 0.474. The molecule has 1 atom stereocenters. The van der Waals surface area contributed by atoms with Gasteiger partial charge in [0.2, 0.25) is 0 Å². The highest BCUT2D eigenvalue weighted by Gasteiger charge is 2.40. The Morgan fingerprint density at radius 1 is 1.17 bits per heavy atom. The van der Waals surface area contributed by atoms with Crippen molar-refractivity contribution in [2.75, 3.05) is 13.1 Å². The molecule has 7 nitrogen and oxygen atoms in total. The Balaban J connectivity index is 1.83. The number of benzene rings is 1. The molecule has 1 aliphatic heterocycles. The minimum atomic E-state index is -3.78. The summed E-state index contributed by atoms with van der Waals surface area (Å²) < 4.78 is 53.1. The number of sulfonamides is 1. The highest BCUT2D eigenvalue weighted by atomic mass is 35.5. The van der Waals surface area contributed by atoms with E-state index in [4.69, 9.17) is 11.6 Å². The fourth-order valence-electron chi connectivity index (χ4n) is 2.64. The minimum absolute atomic E-state index is 0.0745. The van der Waals surface area contributed by atoms with E-state index < -0.39 is 25.1 Å². The third-order valence-corrected chi connectivity index (χ3v) is 8.17. The standard InChI is InChI=1S/C14H16ClN3O4S2/c1-17-9-14(16-10-17)24(21,22)18-7-6-13(8-18)23(19,20)12-4-2-11(15)3-5-12/h2-5,9-10,13H,6-8H2,1H3. The quantitative estimate of drug-likeness (QED) is 0.786. The molecule has 1 aliphatic rings. The van der Waals surface area contributed by atoms with E-state index in [0.717, 1.165) is 0 Å². The first-order chi connectivity index (χ1) is 11.2. The van der Waals surface area contributed by atoms with Gasteiger partial charge in [0.05, 0.1) is 16.5 Å². The highest BCUT2D eigenvalue weighted by molar-refractivity contribution is 7.92. The molecule has 0 N–H and O–H groups in total. The Hall–Kier alpha value is -1.42. The predicted molar refractivity (Wildman–Crippen MR) is 89.0 cm³/mol. The summed E-state index contributed by atoms with van der Waals surface area (Å²) in [5.74, 6) is 0. The first-order valence-electron chi connectivity index (χ1n) is 7.19. The summed E-state index contributed by atoms with van der Waals surface area (Å²) >= 11 is 5.78. The zero-order chi connectivity index (χ0) is 17.5. The van der Waals surface area contributed by atoms with Gasteiger partial charge in [-0.05, 0) is 30.7 Å². The van der Waals surface area contributed by atoms with E-state index in [1.54, 1.807) is 7.05 Å². The third-order valence-electron chi connectivity index (χ3n) is 3.97. The van der Waals surface area contributed by atoms with Crippen LogP contribution < -0.4 is 0 Å². The number of aryl methyl sites for hydroxylation is 1. The van der Waals surface area contributed by atoms with Gasteiger partial charge in [0.15, 0.2) is 14.9 Å². The van der Waals surface area contributed by atoms with E-state index in [2.05, 4.69) is 4.98 Å². The van der Waals surface area contributed by atoms with Crippen molar-refractivity contribution in [1.29, 1.82) is 0 Å². The molecule has 0 spiro atoms. The van der Waals surface area contributed by atoms with E-state index in [9.17, 15) is 16.8 Å². The van der Waals surface area contributed by atoms with Crippen LogP contribution in [0.2, 0.25) is 5.02 Å². The van der Waals surface area contributed by atoms with E-state index in [1.807, 2.05) is 0 Å². The third kappa shape index (κ3) is 3.08. The predicted octanol–water partition coefficient (Wildman–Crippen LogP) is 1.31. The smallest absolute Gasteiger partial charge is 0.262 e. The zero-order valence-electron chi connectivity index (χ0n) is 12.8. The Labute approximate surface area is 145 Å². The summed E-state index contributed by atoms with van der Waals surface area (Å²) in [6, 6.07) is 5.89. The van der Waals surface area contributed by atoms with Crippen molar-refractivity contribution in [3.63, 3.8) is 0 Å². The minimum Gasteiger partial charge on any atom is -0.339 e. The van der Waals surface area contributed by atoms with E-state index in [0.29, 0.717) is 5.02 Å². The largest absolute Gasteiger partial charge is 0.339 e. The lowest BCUT2D eigenvalue weighted by Crippen LogP contribution is -2.32. The second kappa shape index (κ2) is 6.14. The average molecular weight is 390 g/mol. The molecule has 1 aromatic heterocycles. The van der Waals surface area contributed by atoms with Crippen molar-refractivity contribution in [2.45, 2.75) is 21.6 Å². The summed E-state index contributed by atoms with van der Waals surface area (Å²) in [7, 11) is -5.73. The number of aromatic nitrogens is 2. The van der Waals surface area contributed by atoms with Crippen LogP contribution in [0.15, 0.2) is 46.7 Å². The Kier molecular flexibility index (Phi) is 4.45. The maximum Gasteiger partial charge on any atom is 0.262 e. The van der Waals surface area contributed by atoms with Crippen molar-refractivity contribution in [2.24, 2.45) is 7.05 Å². The molecule has 1 unspecified atom stereocenters. The van der Waals surface area contributed by atoms with Crippen molar-refractivity contribution in [3.05, 3.63) is 41.8 Å². The Bertz CT molecular complexity index is 952. The molecular weight excluding hydrogens is 374 g/mol. The van der Waals surface area contributed by atoms with E-state index in [1.165, 1.54) is 45.7 Å². The number of hydrogen-bond donors (Lipinski definition) is 0. The van der Waals surface area contributed by atoms with Crippen molar-refractivity contribution >= 4 is 31.5 Å². The molecule has 130 valence electrons. The number of halogens is 1. The summed E-state index contributed by atoms with van der Waals surface area (Å²) in [4.78, 5) is 4.00. The van der Waals surface area contributed by atoms with Crippen LogP contribution in [0.1, 0.15) is 6.42 Å². The van der Waals surface area contributed by atoms with Gasteiger partial charge in [-0.1, -0.05) is 11.6 Å². The van der Waals surface area contributed by atoms with Gasteiger partial charge in [-0.15, -0.1) is 0 Å². The molecule has 10 heteroatoms. The topological polar surface area (TPSA) is 89.3 Å². The highest BCUT2D eigenvalue weighted by Crippen LogP contribution is 2.28. The molecule has 0 radical (unpaired) electrons. The van der Waals surface area contributed by atoms with Crippen molar-refractivity contribution < 1.29 is 16.8 Å². The second-order valence-corrected chi connectivity index (χ2v) is 10.2. The number of nitrogens with zero attached hydrogens (tertiary/aromatic N) is 3. The van der Waals surface area contributed by atoms with Crippen LogP contribution in [-0.2, 0) is 26.9 Å². The molecule has 2 heterocycles. The average Bonchev–Trinajstić information content (AvgIpc) is 3.17. The van der Waals surface area contributed by atoms with Crippen LogP contribution in [0, 0.1) is 0 Å². The van der Waals surface area contributed by atoms with Crippen LogP contribution in [0.4, 0.5) is 0 Å². The number of rotatable bonds is 4. The van der Waals surface area contributed by atoms with Gasteiger partial charge in [-0.3, -0.25) is 0 Å². The zero-order valence-corrected chi connectivity index (χ0v) is 15.2. The van der Waals surface area contributed by atoms with Crippen LogP contribution >= 0.6 is 11.6 Å². The van der Waals surface area contributed by atoms with Crippen molar-refractivity contribution in [3.8, 4) is 0 Å². The van der Waals surface area contributed by atoms with E-state index >= 15 is 0 Å². The molecule has 3 rings (SSSR count). The molecule has 24 heavy (non-hydrogen) atoms.